The molecule has 172 valence electrons. The highest BCUT2D eigenvalue weighted by atomic mass is 16.7. The normalized spacial score (nSPS) is 25.2. The Labute approximate surface area is 180 Å². The molecule has 7 N–H and O–H groups in total. The molecule has 12 nitrogen and oxygen atoms in total. The van der Waals surface area contributed by atoms with Gasteiger partial charge in [0.1, 0.15) is 36.8 Å². The van der Waals surface area contributed by atoms with Gasteiger partial charge in [-0.15, -0.1) is 0 Å². The van der Waals surface area contributed by atoms with E-state index in [1.807, 2.05) is 0 Å². The van der Waals surface area contributed by atoms with Crippen molar-refractivity contribution in [3.63, 3.8) is 0 Å². The van der Waals surface area contributed by atoms with Crippen LogP contribution in [0.25, 0.3) is 0 Å². The van der Waals surface area contributed by atoms with Crippen LogP contribution in [0.5, 0.6) is 23.0 Å². The lowest BCUT2D eigenvalue weighted by molar-refractivity contribution is -0.277. The average molecular weight is 452 g/mol. The van der Waals surface area contributed by atoms with Gasteiger partial charge in [-0.05, 0) is 36.4 Å². The summed E-state index contributed by atoms with van der Waals surface area (Å²) in [6.07, 6.45) is -7.89. The van der Waals surface area contributed by atoms with E-state index >= 15 is 0 Å². The van der Waals surface area contributed by atoms with Crippen LogP contribution in [-0.4, -0.2) is 85.0 Å². The topological polar surface area (TPSA) is 203 Å². The number of benzene rings is 2. The zero-order valence-electron chi connectivity index (χ0n) is 16.2. The summed E-state index contributed by atoms with van der Waals surface area (Å²) in [7, 11) is 0. The number of aromatic carboxylic acids is 1. The summed E-state index contributed by atoms with van der Waals surface area (Å²) in [5.41, 5.74) is -0.316. The molecule has 0 radical (unpaired) electrons. The number of rotatable bonds is 6. The number of carboxylic acids is 1. The van der Waals surface area contributed by atoms with Gasteiger partial charge in [-0.3, -0.25) is 0 Å². The van der Waals surface area contributed by atoms with E-state index in [0.29, 0.717) is 0 Å². The van der Waals surface area contributed by atoms with Crippen molar-refractivity contribution in [1.29, 1.82) is 0 Å². The maximum Gasteiger partial charge on any atom is 0.338 e. The molecule has 1 aliphatic rings. The molecule has 3 rings (SSSR count). The lowest BCUT2D eigenvalue weighted by Gasteiger charge is -2.39. The summed E-state index contributed by atoms with van der Waals surface area (Å²) in [4.78, 5) is 23.1. The van der Waals surface area contributed by atoms with Gasteiger partial charge < -0.3 is 50.0 Å². The first-order valence-electron chi connectivity index (χ1n) is 9.20. The fourth-order valence-electron chi connectivity index (χ4n) is 2.92. The van der Waals surface area contributed by atoms with Crippen molar-refractivity contribution < 1.29 is 59.5 Å². The van der Waals surface area contributed by atoms with E-state index in [1.165, 1.54) is 24.3 Å². The number of phenols is 3. The second-order valence-corrected chi connectivity index (χ2v) is 6.92. The molecular formula is C20H20O12. The lowest BCUT2D eigenvalue weighted by atomic mass is 9.99. The molecular weight excluding hydrogens is 432 g/mol. The van der Waals surface area contributed by atoms with Crippen LogP contribution in [0.2, 0.25) is 0 Å². The third-order valence-electron chi connectivity index (χ3n) is 4.71. The number of aromatic hydroxyl groups is 3. The number of phenolic OH excluding ortho intramolecular Hbond substituents is 3. The summed E-state index contributed by atoms with van der Waals surface area (Å²) in [5.74, 6) is -4.43. The van der Waals surface area contributed by atoms with Crippen molar-refractivity contribution in [3.8, 4) is 23.0 Å². The second kappa shape index (κ2) is 9.28. The molecule has 0 saturated carbocycles. The van der Waals surface area contributed by atoms with Gasteiger partial charge in [0, 0.05) is 0 Å². The number of hydrogen-bond acceptors (Lipinski definition) is 11. The fraction of sp³-hybridized carbons (Fsp3) is 0.300. The van der Waals surface area contributed by atoms with E-state index in [2.05, 4.69) is 0 Å². The summed E-state index contributed by atoms with van der Waals surface area (Å²) in [5, 5.41) is 67.6. The molecule has 1 saturated heterocycles. The molecule has 12 heteroatoms. The fourth-order valence-corrected chi connectivity index (χ4v) is 2.92. The number of esters is 1. The molecule has 1 fully saturated rings. The molecule has 0 aromatic heterocycles. The number of aliphatic hydroxyl groups excluding tert-OH is 3. The Bertz CT molecular complexity index is 966. The van der Waals surface area contributed by atoms with Crippen LogP contribution < -0.4 is 4.74 Å². The highest BCUT2D eigenvalue weighted by molar-refractivity contribution is 5.91. The van der Waals surface area contributed by atoms with Gasteiger partial charge in [-0.25, -0.2) is 9.59 Å². The number of carbonyl (C=O) groups excluding carboxylic acids is 1. The smallest absolute Gasteiger partial charge is 0.338 e. The first-order chi connectivity index (χ1) is 15.1. The molecule has 0 unspecified atom stereocenters. The highest BCUT2D eigenvalue weighted by Gasteiger charge is 2.45. The Morgan fingerprint density at radius 3 is 2.03 bits per heavy atom. The predicted octanol–water partition coefficient (Wildman–Crippen LogP) is -0.455. The quantitative estimate of drug-likeness (QED) is 0.220. The molecule has 1 aliphatic heterocycles. The minimum absolute atomic E-state index is 0.00555. The van der Waals surface area contributed by atoms with Gasteiger partial charge in [-0.2, -0.15) is 0 Å². The van der Waals surface area contributed by atoms with E-state index < -0.39 is 66.5 Å². The van der Waals surface area contributed by atoms with Crippen molar-refractivity contribution in [2.24, 2.45) is 0 Å². The van der Waals surface area contributed by atoms with Crippen molar-refractivity contribution >= 4 is 11.9 Å². The first kappa shape index (κ1) is 23.1. The highest BCUT2D eigenvalue weighted by Crippen LogP contribution is 2.35. The molecule has 0 aliphatic carbocycles. The van der Waals surface area contributed by atoms with Crippen LogP contribution in [0.3, 0.4) is 0 Å². The zero-order chi connectivity index (χ0) is 23.6. The van der Waals surface area contributed by atoms with Gasteiger partial charge in [-0.1, -0.05) is 0 Å². The van der Waals surface area contributed by atoms with Gasteiger partial charge in [0.15, 0.2) is 17.2 Å². The van der Waals surface area contributed by atoms with Crippen molar-refractivity contribution in [2.75, 3.05) is 6.61 Å². The second-order valence-electron chi connectivity index (χ2n) is 6.92. The predicted molar refractivity (Wildman–Crippen MR) is 102 cm³/mol. The summed E-state index contributed by atoms with van der Waals surface area (Å²) < 4.78 is 15.8. The van der Waals surface area contributed by atoms with Crippen molar-refractivity contribution in [1.82, 2.24) is 0 Å². The van der Waals surface area contributed by atoms with Crippen LogP contribution in [-0.2, 0) is 9.47 Å². The molecule has 0 amide bonds. The van der Waals surface area contributed by atoms with Crippen molar-refractivity contribution in [2.45, 2.75) is 30.7 Å². The number of carbonyl (C=O) groups is 2. The molecule has 32 heavy (non-hydrogen) atoms. The molecule has 2 aromatic rings. The minimum atomic E-state index is -1.72. The largest absolute Gasteiger partial charge is 0.504 e. The van der Waals surface area contributed by atoms with Gasteiger partial charge in [0.25, 0.3) is 0 Å². The summed E-state index contributed by atoms with van der Waals surface area (Å²) in [6, 6.07) is 6.80. The SMILES string of the molecule is O=C(O)c1ccc(O[C@@H]2O[C@H](COC(=O)c3cc(O)c(O)c(O)c3)[C@@H](O)[C@H](O)[C@H]2O)cc1. The lowest BCUT2D eigenvalue weighted by Crippen LogP contribution is -2.60. The average Bonchev–Trinajstić information content (AvgIpc) is 2.76. The Morgan fingerprint density at radius 2 is 1.47 bits per heavy atom. The van der Waals surface area contributed by atoms with E-state index in [0.717, 1.165) is 12.1 Å². The summed E-state index contributed by atoms with van der Waals surface area (Å²) >= 11 is 0. The Hall–Kier alpha value is -3.58. The molecule has 0 spiro atoms. The maximum atomic E-state index is 12.2. The molecule has 1 heterocycles. The Morgan fingerprint density at radius 1 is 0.875 bits per heavy atom. The van der Waals surface area contributed by atoms with Crippen LogP contribution in [0.15, 0.2) is 36.4 Å². The monoisotopic (exact) mass is 452 g/mol. The van der Waals surface area contributed by atoms with Crippen LogP contribution in [0.4, 0.5) is 0 Å². The van der Waals surface area contributed by atoms with Crippen LogP contribution in [0.1, 0.15) is 20.7 Å². The van der Waals surface area contributed by atoms with Gasteiger partial charge >= 0.3 is 11.9 Å². The molecule has 5 atom stereocenters. The molecule has 0 bridgehead atoms. The van der Waals surface area contributed by atoms with E-state index in [9.17, 15) is 40.2 Å². The van der Waals surface area contributed by atoms with E-state index in [-0.39, 0.29) is 16.9 Å². The zero-order valence-corrected chi connectivity index (χ0v) is 16.2. The maximum absolute atomic E-state index is 12.2. The van der Waals surface area contributed by atoms with Gasteiger partial charge in [0.2, 0.25) is 6.29 Å². The number of carboxylic acid groups (broad SMARTS) is 1. The van der Waals surface area contributed by atoms with Crippen LogP contribution >= 0.6 is 0 Å². The van der Waals surface area contributed by atoms with Gasteiger partial charge in [0.05, 0.1) is 11.1 Å². The summed E-state index contributed by atoms with van der Waals surface area (Å²) in [6.45, 7) is -0.607. The van der Waals surface area contributed by atoms with Crippen molar-refractivity contribution in [3.05, 3.63) is 47.5 Å². The Kier molecular flexibility index (Phi) is 6.69. The minimum Gasteiger partial charge on any atom is -0.504 e. The first-order valence-corrected chi connectivity index (χ1v) is 9.20. The number of ether oxygens (including phenoxy) is 3. The molecule has 2 aromatic carbocycles. The van der Waals surface area contributed by atoms with E-state index in [4.69, 9.17) is 19.3 Å². The third-order valence-corrected chi connectivity index (χ3v) is 4.71. The van der Waals surface area contributed by atoms with Crippen LogP contribution in [0, 0.1) is 0 Å². The van der Waals surface area contributed by atoms with E-state index in [1.54, 1.807) is 0 Å². The standard InChI is InChI=1S/C20H20O12/c21-11-5-9(6-12(22)14(11)23)19(29)30-7-13-15(24)16(25)17(26)20(32-13)31-10-3-1-8(2-4-10)18(27)28/h1-6,13,15-17,20-26H,7H2,(H,27,28)/t13-,15-,16+,17-,20-/m1/s1. The number of aliphatic hydroxyl groups is 3. The third kappa shape index (κ3) is 4.84. The number of hydrogen-bond donors (Lipinski definition) is 7. The Balaban J connectivity index is 1.67.